The normalized spacial score (nSPS) is 17.7. The lowest BCUT2D eigenvalue weighted by Crippen LogP contribution is -2.23. The zero-order chi connectivity index (χ0) is 20.2. The second kappa shape index (κ2) is 8.74. The lowest BCUT2D eigenvalue weighted by molar-refractivity contribution is -0.113. The van der Waals surface area contributed by atoms with Gasteiger partial charge in [-0.2, -0.15) is 4.99 Å². The van der Waals surface area contributed by atoms with Crippen molar-refractivity contribution in [2.24, 2.45) is 4.99 Å². The van der Waals surface area contributed by atoms with Gasteiger partial charge in [-0.1, -0.05) is 35.9 Å². The molecule has 0 spiro atoms. The van der Waals surface area contributed by atoms with Gasteiger partial charge in [0.05, 0.1) is 12.0 Å². The molecule has 1 fully saturated rings. The number of amides is 1. The van der Waals surface area contributed by atoms with Crippen molar-refractivity contribution in [1.82, 2.24) is 4.90 Å². The van der Waals surface area contributed by atoms with E-state index in [9.17, 15) is 4.79 Å². The van der Waals surface area contributed by atoms with Crippen molar-refractivity contribution in [3.8, 4) is 11.5 Å². The van der Waals surface area contributed by atoms with E-state index < -0.39 is 0 Å². The van der Waals surface area contributed by atoms with Crippen molar-refractivity contribution in [3.05, 3.63) is 64.1 Å². The van der Waals surface area contributed by atoms with Crippen LogP contribution in [-0.4, -0.2) is 36.2 Å². The van der Waals surface area contributed by atoms with Crippen LogP contribution in [0.3, 0.4) is 0 Å². The molecule has 0 atom stereocenters. The number of aliphatic imine (C=N–C) groups is 1. The number of carbonyl (C=O) groups excluding carboxylic acids is 1. The molecule has 0 bridgehead atoms. The predicted molar refractivity (Wildman–Crippen MR) is 117 cm³/mol. The van der Waals surface area contributed by atoms with Crippen LogP contribution < -0.4 is 9.47 Å². The average Bonchev–Trinajstić information content (AvgIpc) is 3.38. The minimum Gasteiger partial charge on any atom is -0.493 e. The van der Waals surface area contributed by atoms with Gasteiger partial charge in [0.25, 0.3) is 5.91 Å². The van der Waals surface area contributed by atoms with Crippen LogP contribution in [0.2, 0.25) is 0 Å². The third kappa shape index (κ3) is 4.65. The Balaban J connectivity index is 1.45. The Labute approximate surface area is 175 Å². The number of carbonyl (C=O) groups is 1. The highest BCUT2D eigenvalue weighted by molar-refractivity contribution is 8.18. The number of rotatable bonds is 5. The van der Waals surface area contributed by atoms with Crippen molar-refractivity contribution in [3.63, 3.8) is 0 Å². The quantitative estimate of drug-likeness (QED) is 0.674. The standard InChI is InChI=1S/C23H24N2O3S/c1-16-5-7-17(8-6-16)15-28-19-10-9-18(13-20(19)27-2)14-21-22(26)24-23(29-21)25-11-3-4-12-25/h5-10,13-14H,3-4,11-12,15H2,1-2H3/b21-14-. The molecular formula is C23H24N2O3S. The Morgan fingerprint density at radius 2 is 1.86 bits per heavy atom. The van der Waals surface area contributed by atoms with Gasteiger partial charge < -0.3 is 14.4 Å². The van der Waals surface area contributed by atoms with Crippen molar-refractivity contribution >= 4 is 28.9 Å². The maximum absolute atomic E-state index is 12.3. The van der Waals surface area contributed by atoms with Crippen LogP contribution in [0.25, 0.3) is 6.08 Å². The first kappa shape index (κ1) is 19.6. The summed E-state index contributed by atoms with van der Waals surface area (Å²) in [5.74, 6) is 1.15. The van der Waals surface area contributed by atoms with E-state index in [1.54, 1.807) is 7.11 Å². The summed E-state index contributed by atoms with van der Waals surface area (Å²) in [6.45, 7) is 4.49. The zero-order valence-electron chi connectivity index (χ0n) is 16.7. The number of hydrogen-bond acceptors (Lipinski definition) is 5. The first-order valence-corrected chi connectivity index (χ1v) is 10.6. The van der Waals surface area contributed by atoms with Gasteiger partial charge in [-0.15, -0.1) is 0 Å². The smallest absolute Gasteiger partial charge is 0.286 e. The maximum Gasteiger partial charge on any atom is 0.286 e. The highest BCUT2D eigenvalue weighted by Crippen LogP contribution is 2.34. The molecule has 0 saturated carbocycles. The molecule has 29 heavy (non-hydrogen) atoms. The van der Waals surface area contributed by atoms with E-state index in [1.807, 2.05) is 24.3 Å². The molecule has 0 aromatic heterocycles. The topological polar surface area (TPSA) is 51.1 Å². The predicted octanol–water partition coefficient (Wildman–Crippen LogP) is 4.65. The molecule has 6 heteroatoms. The van der Waals surface area contributed by atoms with Crippen LogP contribution in [0.4, 0.5) is 0 Å². The molecule has 5 nitrogen and oxygen atoms in total. The van der Waals surface area contributed by atoms with Crippen molar-refractivity contribution in [2.75, 3.05) is 20.2 Å². The number of ether oxygens (including phenoxy) is 2. The van der Waals surface area contributed by atoms with E-state index in [2.05, 4.69) is 41.1 Å². The minimum atomic E-state index is -0.171. The summed E-state index contributed by atoms with van der Waals surface area (Å²) in [4.78, 5) is 19.3. The molecule has 0 N–H and O–H groups in total. The van der Waals surface area contributed by atoms with Gasteiger partial charge in [-0.25, -0.2) is 0 Å². The second-order valence-electron chi connectivity index (χ2n) is 7.19. The van der Waals surface area contributed by atoms with Gasteiger partial charge in [-0.3, -0.25) is 4.79 Å². The summed E-state index contributed by atoms with van der Waals surface area (Å²) < 4.78 is 11.4. The largest absolute Gasteiger partial charge is 0.493 e. The third-order valence-corrected chi connectivity index (χ3v) is 6.03. The maximum atomic E-state index is 12.3. The third-order valence-electron chi connectivity index (χ3n) is 4.99. The number of methoxy groups -OCH3 is 1. The molecule has 1 saturated heterocycles. The number of aryl methyl sites for hydroxylation is 1. The fourth-order valence-electron chi connectivity index (χ4n) is 3.33. The van der Waals surface area contributed by atoms with Crippen molar-refractivity contribution in [2.45, 2.75) is 26.4 Å². The summed E-state index contributed by atoms with van der Waals surface area (Å²) in [5, 5.41) is 0.823. The molecule has 2 aromatic rings. The minimum absolute atomic E-state index is 0.171. The van der Waals surface area contributed by atoms with Gasteiger partial charge in [0.2, 0.25) is 0 Å². The molecule has 4 rings (SSSR count). The van der Waals surface area contributed by atoms with Crippen molar-refractivity contribution in [1.29, 1.82) is 0 Å². The Morgan fingerprint density at radius 1 is 1.10 bits per heavy atom. The SMILES string of the molecule is COc1cc(/C=C2\SC(N3CCCC3)=NC2=O)ccc1OCc1ccc(C)cc1. The zero-order valence-corrected chi connectivity index (χ0v) is 17.5. The lowest BCUT2D eigenvalue weighted by atomic mass is 10.1. The summed E-state index contributed by atoms with van der Waals surface area (Å²) in [5.41, 5.74) is 3.21. The average molecular weight is 409 g/mol. The van der Waals surface area contributed by atoms with Gasteiger partial charge in [0.15, 0.2) is 16.7 Å². The van der Waals surface area contributed by atoms with Crippen LogP contribution in [0.15, 0.2) is 52.4 Å². The van der Waals surface area contributed by atoms with Crippen LogP contribution in [0.1, 0.15) is 29.5 Å². The molecule has 2 aliphatic rings. The van der Waals surface area contributed by atoms with Crippen LogP contribution in [0, 0.1) is 6.92 Å². The number of nitrogens with zero attached hydrogens (tertiary/aromatic N) is 2. The molecule has 1 amide bonds. The van der Waals surface area contributed by atoms with Crippen LogP contribution >= 0.6 is 11.8 Å². The van der Waals surface area contributed by atoms with Gasteiger partial charge in [-0.05, 0) is 60.9 Å². The van der Waals surface area contributed by atoms with E-state index in [0.717, 1.165) is 42.2 Å². The number of likely N-dealkylation sites (tertiary alicyclic amines) is 1. The van der Waals surface area contributed by atoms with Gasteiger partial charge in [0.1, 0.15) is 6.61 Å². The molecule has 0 radical (unpaired) electrons. The molecule has 2 aliphatic heterocycles. The Kier molecular flexibility index (Phi) is 5.90. The number of benzene rings is 2. The molecule has 2 heterocycles. The van der Waals surface area contributed by atoms with Crippen LogP contribution in [-0.2, 0) is 11.4 Å². The summed E-state index contributed by atoms with van der Waals surface area (Å²) in [6, 6.07) is 14.0. The number of thioether (sulfide) groups is 1. The first-order valence-electron chi connectivity index (χ1n) is 9.76. The van der Waals surface area contributed by atoms with E-state index in [0.29, 0.717) is 23.0 Å². The van der Waals surface area contributed by atoms with Gasteiger partial charge in [0, 0.05) is 13.1 Å². The number of amidine groups is 1. The van der Waals surface area contributed by atoms with Crippen molar-refractivity contribution < 1.29 is 14.3 Å². The molecule has 0 unspecified atom stereocenters. The molecular weight excluding hydrogens is 384 g/mol. The summed E-state index contributed by atoms with van der Waals surface area (Å²) >= 11 is 1.45. The molecule has 2 aromatic carbocycles. The lowest BCUT2D eigenvalue weighted by Gasteiger charge is -2.14. The van der Waals surface area contributed by atoms with E-state index >= 15 is 0 Å². The van der Waals surface area contributed by atoms with Gasteiger partial charge >= 0.3 is 0 Å². The fourth-order valence-corrected chi connectivity index (χ4v) is 4.30. The highest BCUT2D eigenvalue weighted by Gasteiger charge is 2.27. The fraction of sp³-hybridized carbons (Fsp3) is 0.304. The van der Waals surface area contributed by atoms with E-state index in [-0.39, 0.29) is 5.91 Å². The van der Waals surface area contributed by atoms with E-state index in [4.69, 9.17) is 9.47 Å². The van der Waals surface area contributed by atoms with Crippen LogP contribution in [0.5, 0.6) is 11.5 Å². The Bertz CT molecular complexity index is 961. The molecule has 150 valence electrons. The Hall–Kier alpha value is -2.73. The monoisotopic (exact) mass is 408 g/mol. The molecule has 0 aliphatic carbocycles. The summed E-state index contributed by atoms with van der Waals surface area (Å²) in [6.07, 6.45) is 4.19. The highest BCUT2D eigenvalue weighted by atomic mass is 32.2. The summed E-state index contributed by atoms with van der Waals surface area (Å²) in [7, 11) is 1.62. The second-order valence-corrected chi connectivity index (χ2v) is 8.20. The number of hydrogen-bond donors (Lipinski definition) is 0. The Morgan fingerprint density at radius 3 is 2.59 bits per heavy atom. The first-order chi connectivity index (χ1) is 14.1. The van der Waals surface area contributed by atoms with E-state index in [1.165, 1.54) is 17.3 Å².